The Morgan fingerprint density at radius 2 is 2.07 bits per heavy atom. The molecule has 0 N–H and O–H groups in total. The smallest absolute Gasteiger partial charge is 0.340 e. The molecule has 14 heavy (non-hydrogen) atoms. The Balaban J connectivity index is 3.22. The molecular formula is C10H12INO2. The standard InChI is InChI=1S/C10H12INO2/c1-12(2)9-5-4-7(11)6-8(9)10(13)14-3/h4-6H,1-3H3. The van der Waals surface area contributed by atoms with Crippen LogP contribution in [-0.2, 0) is 4.74 Å². The highest BCUT2D eigenvalue weighted by molar-refractivity contribution is 14.1. The number of carbonyl (C=O) groups is 1. The highest BCUT2D eigenvalue weighted by Gasteiger charge is 2.13. The molecule has 3 nitrogen and oxygen atoms in total. The maximum absolute atomic E-state index is 11.4. The molecule has 0 aliphatic rings. The third-order valence-corrected chi connectivity index (χ3v) is 2.52. The van der Waals surface area contributed by atoms with Crippen LogP contribution in [0, 0.1) is 3.57 Å². The van der Waals surface area contributed by atoms with Gasteiger partial charge < -0.3 is 9.64 Å². The van der Waals surface area contributed by atoms with Crippen molar-refractivity contribution in [1.82, 2.24) is 0 Å². The molecule has 1 aromatic carbocycles. The van der Waals surface area contributed by atoms with Gasteiger partial charge in [0.15, 0.2) is 0 Å². The summed E-state index contributed by atoms with van der Waals surface area (Å²) >= 11 is 2.17. The van der Waals surface area contributed by atoms with Crippen LogP contribution in [0.2, 0.25) is 0 Å². The lowest BCUT2D eigenvalue weighted by Gasteiger charge is -2.16. The summed E-state index contributed by atoms with van der Waals surface area (Å²) in [5.74, 6) is -0.299. The summed E-state index contributed by atoms with van der Waals surface area (Å²) in [6.45, 7) is 0. The van der Waals surface area contributed by atoms with Crippen LogP contribution in [-0.4, -0.2) is 27.2 Å². The van der Waals surface area contributed by atoms with E-state index in [-0.39, 0.29) is 5.97 Å². The van der Waals surface area contributed by atoms with Crippen molar-refractivity contribution in [2.24, 2.45) is 0 Å². The number of carbonyl (C=O) groups excluding carboxylic acids is 1. The zero-order valence-corrected chi connectivity index (χ0v) is 10.5. The van der Waals surface area contributed by atoms with Crippen LogP contribution in [0.25, 0.3) is 0 Å². The van der Waals surface area contributed by atoms with Gasteiger partial charge in [0.1, 0.15) is 0 Å². The molecule has 4 heteroatoms. The minimum atomic E-state index is -0.299. The first-order valence-electron chi connectivity index (χ1n) is 4.11. The first-order chi connectivity index (χ1) is 6.56. The van der Waals surface area contributed by atoms with Gasteiger partial charge in [0, 0.05) is 17.7 Å². The van der Waals surface area contributed by atoms with E-state index in [1.807, 2.05) is 37.2 Å². The van der Waals surface area contributed by atoms with E-state index in [0.717, 1.165) is 9.26 Å². The van der Waals surface area contributed by atoms with Gasteiger partial charge in [0.2, 0.25) is 0 Å². The van der Waals surface area contributed by atoms with Gasteiger partial charge in [-0.05, 0) is 40.8 Å². The summed E-state index contributed by atoms with van der Waals surface area (Å²) in [5, 5.41) is 0. The van der Waals surface area contributed by atoms with Crippen LogP contribution < -0.4 is 4.90 Å². The van der Waals surface area contributed by atoms with Crippen molar-refractivity contribution in [3.63, 3.8) is 0 Å². The number of ether oxygens (including phenoxy) is 1. The molecule has 0 spiro atoms. The number of hydrogen-bond donors (Lipinski definition) is 0. The van der Waals surface area contributed by atoms with Crippen molar-refractivity contribution in [1.29, 1.82) is 0 Å². The van der Waals surface area contributed by atoms with Gasteiger partial charge in [-0.2, -0.15) is 0 Å². The Morgan fingerprint density at radius 3 is 2.57 bits per heavy atom. The highest BCUT2D eigenvalue weighted by atomic mass is 127. The lowest BCUT2D eigenvalue weighted by molar-refractivity contribution is 0.0601. The number of esters is 1. The Morgan fingerprint density at radius 1 is 1.43 bits per heavy atom. The molecular weight excluding hydrogens is 293 g/mol. The molecule has 0 unspecified atom stereocenters. The lowest BCUT2D eigenvalue weighted by atomic mass is 10.1. The van der Waals surface area contributed by atoms with E-state index >= 15 is 0 Å². The monoisotopic (exact) mass is 305 g/mol. The molecule has 1 rings (SSSR count). The minimum Gasteiger partial charge on any atom is -0.465 e. The zero-order chi connectivity index (χ0) is 10.7. The second kappa shape index (κ2) is 4.63. The molecule has 0 amide bonds. The normalized spacial score (nSPS) is 9.71. The number of methoxy groups -OCH3 is 1. The molecule has 76 valence electrons. The fraction of sp³-hybridized carbons (Fsp3) is 0.300. The molecule has 0 radical (unpaired) electrons. The first-order valence-corrected chi connectivity index (χ1v) is 5.19. The predicted molar refractivity (Wildman–Crippen MR) is 64.8 cm³/mol. The van der Waals surface area contributed by atoms with E-state index in [9.17, 15) is 4.79 Å². The summed E-state index contributed by atoms with van der Waals surface area (Å²) in [5.41, 5.74) is 1.47. The topological polar surface area (TPSA) is 29.5 Å². The van der Waals surface area contributed by atoms with Gasteiger partial charge in [-0.15, -0.1) is 0 Å². The van der Waals surface area contributed by atoms with E-state index in [1.54, 1.807) is 0 Å². The molecule has 0 heterocycles. The second-order valence-electron chi connectivity index (χ2n) is 3.05. The summed E-state index contributed by atoms with van der Waals surface area (Å²) in [4.78, 5) is 13.3. The lowest BCUT2D eigenvalue weighted by Crippen LogP contribution is -2.14. The van der Waals surface area contributed by atoms with Gasteiger partial charge >= 0.3 is 5.97 Å². The van der Waals surface area contributed by atoms with Crippen LogP contribution >= 0.6 is 22.6 Å². The van der Waals surface area contributed by atoms with Crippen LogP contribution in [0.15, 0.2) is 18.2 Å². The molecule has 0 saturated carbocycles. The van der Waals surface area contributed by atoms with Crippen molar-refractivity contribution >= 4 is 34.2 Å². The van der Waals surface area contributed by atoms with Crippen LogP contribution in [0.5, 0.6) is 0 Å². The summed E-state index contributed by atoms with van der Waals surface area (Å²) in [7, 11) is 5.19. The number of halogens is 1. The zero-order valence-electron chi connectivity index (χ0n) is 8.37. The quantitative estimate of drug-likeness (QED) is 0.619. The van der Waals surface area contributed by atoms with Crippen LogP contribution in [0.1, 0.15) is 10.4 Å². The molecule has 0 bridgehead atoms. The predicted octanol–water partition coefficient (Wildman–Crippen LogP) is 2.14. The third-order valence-electron chi connectivity index (χ3n) is 1.85. The van der Waals surface area contributed by atoms with Gasteiger partial charge in [-0.25, -0.2) is 4.79 Å². The van der Waals surface area contributed by atoms with Crippen LogP contribution in [0.4, 0.5) is 5.69 Å². The summed E-state index contributed by atoms with van der Waals surface area (Å²) in [6, 6.07) is 5.69. The van der Waals surface area contributed by atoms with Gasteiger partial charge in [0.25, 0.3) is 0 Å². The van der Waals surface area contributed by atoms with E-state index in [2.05, 4.69) is 22.6 Å². The van der Waals surface area contributed by atoms with Gasteiger partial charge in [0.05, 0.1) is 18.4 Å². The Hall–Kier alpha value is -0.780. The number of rotatable bonds is 2. The first kappa shape index (κ1) is 11.3. The maximum atomic E-state index is 11.4. The molecule has 1 aromatic rings. The van der Waals surface area contributed by atoms with E-state index in [0.29, 0.717) is 5.56 Å². The van der Waals surface area contributed by atoms with Crippen LogP contribution in [0.3, 0.4) is 0 Å². The minimum absolute atomic E-state index is 0.299. The number of nitrogens with zero attached hydrogens (tertiary/aromatic N) is 1. The van der Waals surface area contributed by atoms with Crippen molar-refractivity contribution < 1.29 is 9.53 Å². The number of hydrogen-bond acceptors (Lipinski definition) is 3. The van der Waals surface area contributed by atoms with Crippen molar-refractivity contribution in [2.45, 2.75) is 0 Å². The molecule has 0 fully saturated rings. The Bertz CT molecular complexity index is 350. The molecule has 0 aromatic heterocycles. The fourth-order valence-electron chi connectivity index (χ4n) is 1.17. The van der Waals surface area contributed by atoms with Gasteiger partial charge in [-0.1, -0.05) is 0 Å². The summed E-state index contributed by atoms with van der Waals surface area (Å²) < 4.78 is 5.74. The Kier molecular flexibility index (Phi) is 3.74. The van der Waals surface area contributed by atoms with E-state index in [1.165, 1.54) is 7.11 Å². The molecule has 0 atom stereocenters. The van der Waals surface area contributed by atoms with E-state index < -0.39 is 0 Å². The highest BCUT2D eigenvalue weighted by Crippen LogP contribution is 2.21. The average Bonchev–Trinajstić information content (AvgIpc) is 2.16. The third kappa shape index (κ3) is 2.37. The number of anilines is 1. The fourth-order valence-corrected chi connectivity index (χ4v) is 1.66. The SMILES string of the molecule is COC(=O)c1cc(I)ccc1N(C)C. The Labute approximate surface area is 97.2 Å². The van der Waals surface area contributed by atoms with Crippen molar-refractivity contribution in [2.75, 3.05) is 26.1 Å². The van der Waals surface area contributed by atoms with Crippen molar-refractivity contribution in [3.05, 3.63) is 27.3 Å². The molecule has 0 saturated heterocycles. The molecule has 0 aliphatic heterocycles. The van der Waals surface area contributed by atoms with Gasteiger partial charge in [-0.3, -0.25) is 0 Å². The summed E-state index contributed by atoms with van der Waals surface area (Å²) in [6.07, 6.45) is 0. The maximum Gasteiger partial charge on any atom is 0.340 e. The van der Waals surface area contributed by atoms with Crippen molar-refractivity contribution in [3.8, 4) is 0 Å². The molecule has 0 aliphatic carbocycles. The number of benzene rings is 1. The average molecular weight is 305 g/mol. The second-order valence-corrected chi connectivity index (χ2v) is 4.29. The largest absolute Gasteiger partial charge is 0.465 e. The van der Waals surface area contributed by atoms with E-state index in [4.69, 9.17) is 4.74 Å².